The zero-order chi connectivity index (χ0) is 9.84. The lowest BCUT2D eigenvalue weighted by atomic mass is 10.2. The van der Waals surface area contributed by atoms with Gasteiger partial charge < -0.3 is 5.32 Å². The fourth-order valence-electron chi connectivity index (χ4n) is 0.885. The highest BCUT2D eigenvalue weighted by molar-refractivity contribution is 6.31. The summed E-state index contributed by atoms with van der Waals surface area (Å²) in [6.45, 7) is 1.74. The van der Waals surface area contributed by atoms with Gasteiger partial charge in [0.15, 0.2) is 0 Å². The van der Waals surface area contributed by atoms with E-state index in [-0.39, 0.29) is 11.7 Å². The highest BCUT2D eigenvalue weighted by Gasteiger charge is 2.01. The molecule has 0 aliphatic rings. The smallest absolute Gasteiger partial charge is 0.217 e. The molecule has 0 spiro atoms. The largest absolute Gasteiger partial charge is 0.352 e. The Morgan fingerprint density at radius 2 is 2.31 bits per heavy atom. The molecule has 0 heterocycles. The Bertz CT molecular complexity index is 327. The summed E-state index contributed by atoms with van der Waals surface area (Å²) in [5.41, 5.74) is 0.707. The molecule has 13 heavy (non-hydrogen) atoms. The molecule has 1 N–H and O–H groups in total. The Balaban J connectivity index is 2.72. The molecule has 0 bridgehead atoms. The van der Waals surface area contributed by atoms with Crippen LogP contribution in [0.5, 0.6) is 0 Å². The van der Waals surface area contributed by atoms with Gasteiger partial charge in [-0.1, -0.05) is 17.7 Å². The maximum atomic E-state index is 12.6. The first-order valence-corrected chi connectivity index (χ1v) is 4.16. The summed E-state index contributed by atoms with van der Waals surface area (Å²) in [6.07, 6.45) is 0. The first-order chi connectivity index (χ1) is 6.09. The quantitative estimate of drug-likeness (QED) is 0.780. The number of rotatable bonds is 2. The van der Waals surface area contributed by atoms with E-state index in [4.69, 9.17) is 11.6 Å². The summed E-state index contributed by atoms with van der Waals surface area (Å²) in [5.74, 6) is -0.517. The van der Waals surface area contributed by atoms with E-state index in [9.17, 15) is 9.18 Å². The van der Waals surface area contributed by atoms with Crippen molar-refractivity contribution in [3.8, 4) is 0 Å². The van der Waals surface area contributed by atoms with Gasteiger partial charge in [0, 0.05) is 18.5 Å². The van der Waals surface area contributed by atoms with Crippen LogP contribution in [0.25, 0.3) is 0 Å². The molecular formula is C9H9ClFNO. The predicted octanol–water partition coefficient (Wildman–Crippen LogP) is 2.12. The number of halogens is 2. The maximum absolute atomic E-state index is 12.6. The minimum Gasteiger partial charge on any atom is -0.352 e. The lowest BCUT2D eigenvalue weighted by Gasteiger charge is -2.04. The van der Waals surface area contributed by atoms with Gasteiger partial charge in [0.25, 0.3) is 0 Å². The molecule has 1 rings (SSSR count). The molecule has 1 aromatic rings. The fraction of sp³-hybridized carbons (Fsp3) is 0.222. The van der Waals surface area contributed by atoms with E-state index in [0.717, 1.165) is 0 Å². The predicted molar refractivity (Wildman–Crippen MR) is 48.9 cm³/mol. The number of hydrogen-bond acceptors (Lipinski definition) is 1. The van der Waals surface area contributed by atoms with Crippen molar-refractivity contribution < 1.29 is 9.18 Å². The van der Waals surface area contributed by atoms with Gasteiger partial charge in [-0.3, -0.25) is 4.79 Å². The van der Waals surface area contributed by atoms with Crippen molar-refractivity contribution in [1.82, 2.24) is 5.32 Å². The highest BCUT2D eigenvalue weighted by Crippen LogP contribution is 2.16. The van der Waals surface area contributed by atoms with Crippen LogP contribution in [0.3, 0.4) is 0 Å². The molecule has 0 saturated carbocycles. The second-order valence-electron chi connectivity index (χ2n) is 2.65. The van der Waals surface area contributed by atoms with E-state index in [2.05, 4.69) is 5.32 Å². The molecule has 1 amide bonds. The number of benzene rings is 1. The van der Waals surface area contributed by atoms with Gasteiger partial charge in [-0.25, -0.2) is 4.39 Å². The van der Waals surface area contributed by atoms with Crippen LogP contribution in [0, 0.1) is 5.82 Å². The highest BCUT2D eigenvalue weighted by atomic mass is 35.5. The Morgan fingerprint density at radius 1 is 1.62 bits per heavy atom. The summed E-state index contributed by atoms with van der Waals surface area (Å²) in [5, 5.41) is 2.90. The van der Waals surface area contributed by atoms with E-state index in [1.165, 1.54) is 19.1 Å². The Kier molecular flexibility index (Phi) is 3.25. The lowest BCUT2D eigenvalue weighted by molar-refractivity contribution is -0.119. The van der Waals surface area contributed by atoms with E-state index < -0.39 is 0 Å². The van der Waals surface area contributed by atoms with Gasteiger partial charge in [0.2, 0.25) is 5.91 Å². The number of hydrogen-bond donors (Lipinski definition) is 1. The standard InChI is InChI=1S/C9H9ClFNO/c1-6(13)12-5-7-2-3-8(11)4-9(7)10/h2-4H,5H2,1H3,(H,12,13). The van der Waals surface area contributed by atoms with Crippen molar-refractivity contribution >= 4 is 17.5 Å². The molecule has 0 fully saturated rings. The van der Waals surface area contributed by atoms with Crippen LogP contribution in [-0.4, -0.2) is 5.91 Å². The van der Waals surface area contributed by atoms with Gasteiger partial charge in [0.05, 0.1) is 0 Å². The minimum atomic E-state index is -0.378. The third kappa shape index (κ3) is 3.03. The SMILES string of the molecule is CC(=O)NCc1ccc(F)cc1Cl. The maximum Gasteiger partial charge on any atom is 0.217 e. The Morgan fingerprint density at radius 3 is 2.85 bits per heavy atom. The molecular weight excluding hydrogens is 193 g/mol. The normalized spacial score (nSPS) is 9.77. The van der Waals surface area contributed by atoms with Crippen LogP contribution in [-0.2, 0) is 11.3 Å². The molecule has 0 unspecified atom stereocenters. The third-order valence-corrected chi connectivity index (χ3v) is 1.89. The summed E-state index contributed by atoms with van der Waals surface area (Å²) in [4.78, 5) is 10.6. The van der Waals surface area contributed by atoms with E-state index in [1.807, 2.05) is 0 Å². The van der Waals surface area contributed by atoms with Crippen molar-refractivity contribution in [3.63, 3.8) is 0 Å². The van der Waals surface area contributed by atoms with Crippen LogP contribution in [0.2, 0.25) is 5.02 Å². The minimum absolute atomic E-state index is 0.139. The molecule has 1 aromatic carbocycles. The number of carbonyl (C=O) groups excluding carboxylic acids is 1. The van der Waals surface area contributed by atoms with Crippen LogP contribution in [0.1, 0.15) is 12.5 Å². The number of carbonyl (C=O) groups is 1. The molecule has 0 saturated heterocycles. The van der Waals surface area contributed by atoms with E-state index >= 15 is 0 Å². The van der Waals surface area contributed by atoms with Crippen LogP contribution in [0.4, 0.5) is 4.39 Å². The molecule has 0 aliphatic carbocycles. The van der Waals surface area contributed by atoms with Crippen LogP contribution < -0.4 is 5.32 Å². The average molecular weight is 202 g/mol. The van der Waals surface area contributed by atoms with E-state index in [1.54, 1.807) is 6.07 Å². The van der Waals surface area contributed by atoms with Gasteiger partial charge in [-0.2, -0.15) is 0 Å². The number of amides is 1. The monoisotopic (exact) mass is 201 g/mol. The zero-order valence-electron chi connectivity index (χ0n) is 7.10. The summed E-state index contributed by atoms with van der Waals surface area (Å²) in [6, 6.07) is 4.08. The van der Waals surface area contributed by atoms with Crippen molar-refractivity contribution in [1.29, 1.82) is 0 Å². The van der Waals surface area contributed by atoms with E-state index in [0.29, 0.717) is 17.1 Å². The van der Waals surface area contributed by atoms with Crippen molar-refractivity contribution in [2.75, 3.05) is 0 Å². The molecule has 0 aliphatic heterocycles. The molecule has 4 heteroatoms. The van der Waals surface area contributed by atoms with Gasteiger partial charge >= 0.3 is 0 Å². The summed E-state index contributed by atoms with van der Waals surface area (Å²) < 4.78 is 12.6. The third-order valence-electron chi connectivity index (χ3n) is 1.54. The molecule has 2 nitrogen and oxygen atoms in total. The van der Waals surface area contributed by atoms with Crippen molar-refractivity contribution in [2.45, 2.75) is 13.5 Å². The van der Waals surface area contributed by atoms with Crippen LogP contribution in [0.15, 0.2) is 18.2 Å². The van der Waals surface area contributed by atoms with Gasteiger partial charge in [0.1, 0.15) is 5.82 Å². The Hall–Kier alpha value is -1.09. The molecule has 70 valence electrons. The summed E-state index contributed by atoms with van der Waals surface area (Å²) in [7, 11) is 0. The topological polar surface area (TPSA) is 29.1 Å². The van der Waals surface area contributed by atoms with Gasteiger partial charge in [-0.05, 0) is 17.7 Å². The second-order valence-corrected chi connectivity index (χ2v) is 3.05. The molecule has 0 radical (unpaired) electrons. The zero-order valence-corrected chi connectivity index (χ0v) is 7.86. The Labute approximate surface area is 80.7 Å². The first kappa shape index (κ1) is 9.99. The average Bonchev–Trinajstić information content (AvgIpc) is 2.02. The molecule has 0 aromatic heterocycles. The second kappa shape index (κ2) is 4.23. The van der Waals surface area contributed by atoms with Gasteiger partial charge in [-0.15, -0.1) is 0 Å². The number of nitrogens with one attached hydrogen (secondary N) is 1. The van der Waals surface area contributed by atoms with Crippen molar-refractivity contribution in [3.05, 3.63) is 34.6 Å². The summed E-state index contributed by atoms with van der Waals surface area (Å²) >= 11 is 5.72. The lowest BCUT2D eigenvalue weighted by Crippen LogP contribution is -2.19. The first-order valence-electron chi connectivity index (χ1n) is 3.78. The fourth-order valence-corrected chi connectivity index (χ4v) is 1.12. The van der Waals surface area contributed by atoms with Crippen LogP contribution >= 0.6 is 11.6 Å². The van der Waals surface area contributed by atoms with Crippen molar-refractivity contribution in [2.24, 2.45) is 0 Å². The molecule has 0 atom stereocenters.